The summed E-state index contributed by atoms with van der Waals surface area (Å²) in [7, 11) is 3.91. The minimum Gasteiger partial charge on any atom is -0.491 e. The second kappa shape index (κ2) is 7.71. The van der Waals surface area contributed by atoms with Gasteiger partial charge in [-0.25, -0.2) is 0 Å². The first kappa shape index (κ1) is 16.2. The van der Waals surface area contributed by atoms with Crippen molar-refractivity contribution in [2.75, 3.05) is 30.9 Å². The second-order valence-electron chi connectivity index (χ2n) is 5.02. The maximum absolute atomic E-state index is 11.9. The number of carbonyl (C=O) groups excluding carboxylic acids is 1. The molecule has 0 fully saturated rings. The van der Waals surface area contributed by atoms with Crippen LogP contribution in [0.15, 0.2) is 48.5 Å². The van der Waals surface area contributed by atoms with Gasteiger partial charge in [-0.3, -0.25) is 4.79 Å². The van der Waals surface area contributed by atoms with Gasteiger partial charge in [0, 0.05) is 25.5 Å². The van der Waals surface area contributed by atoms with Crippen LogP contribution in [0.5, 0.6) is 5.75 Å². The summed E-state index contributed by atoms with van der Waals surface area (Å²) >= 11 is 5.99. The molecule has 2 aromatic rings. The Balaban J connectivity index is 1.83. The highest BCUT2D eigenvalue weighted by Crippen LogP contribution is 2.23. The van der Waals surface area contributed by atoms with Crippen LogP contribution in [0, 0.1) is 0 Å². The van der Waals surface area contributed by atoms with Crippen LogP contribution in [-0.2, 0) is 4.79 Å². The van der Waals surface area contributed by atoms with E-state index in [1.807, 2.05) is 55.4 Å². The molecule has 5 heteroatoms. The molecule has 0 saturated heterocycles. The van der Waals surface area contributed by atoms with E-state index < -0.39 is 0 Å². The van der Waals surface area contributed by atoms with Crippen LogP contribution in [0.1, 0.15) is 6.42 Å². The van der Waals surface area contributed by atoms with Gasteiger partial charge < -0.3 is 15.0 Å². The van der Waals surface area contributed by atoms with Crippen molar-refractivity contribution in [3.63, 3.8) is 0 Å². The normalized spacial score (nSPS) is 10.1. The molecular formula is C17H19ClN2O2. The van der Waals surface area contributed by atoms with Crippen LogP contribution in [0.3, 0.4) is 0 Å². The topological polar surface area (TPSA) is 41.6 Å². The fourth-order valence-electron chi connectivity index (χ4n) is 1.90. The third-order valence-electron chi connectivity index (χ3n) is 3.07. The van der Waals surface area contributed by atoms with E-state index >= 15 is 0 Å². The molecule has 0 aliphatic heterocycles. The zero-order valence-electron chi connectivity index (χ0n) is 12.7. The Morgan fingerprint density at radius 1 is 1.18 bits per heavy atom. The van der Waals surface area contributed by atoms with Crippen LogP contribution < -0.4 is 15.0 Å². The molecule has 116 valence electrons. The van der Waals surface area contributed by atoms with Crippen LogP contribution >= 0.6 is 11.6 Å². The van der Waals surface area contributed by atoms with Crippen molar-refractivity contribution in [3.05, 3.63) is 53.6 Å². The number of benzene rings is 2. The zero-order chi connectivity index (χ0) is 15.9. The highest BCUT2D eigenvalue weighted by Gasteiger charge is 2.05. The number of halogens is 1. The van der Waals surface area contributed by atoms with E-state index in [0.29, 0.717) is 10.8 Å². The first-order valence-corrected chi connectivity index (χ1v) is 7.38. The molecule has 22 heavy (non-hydrogen) atoms. The minimum atomic E-state index is -0.0945. The maximum atomic E-state index is 11.9. The molecule has 0 heterocycles. The number of ether oxygens (including phenoxy) is 1. The SMILES string of the molecule is CN(C)c1cccc(NC(=O)CCOc2ccccc2Cl)c1. The molecular weight excluding hydrogens is 300 g/mol. The predicted molar refractivity (Wildman–Crippen MR) is 91.0 cm³/mol. The number of amides is 1. The Kier molecular flexibility index (Phi) is 5.67. The summed E-state index contributed by atoms with van der Waals surface area (Å²) in [4.78, 5) is 13.9. The van der Waals surface area contributed by atoms with Gasteiger partial charge in [0.25, 0.3) is 0 Å². The van der Waals surface area contributed by atoms with Gasteiger partial charge in [-0.2, -0.15) is 0 Å². The summed E-state index contributed by atoms with van der Waals surface area (Å²) in [6, 6.07) is 14.9. The van der Waals surface area contributed by atoms with Gasteiger partial charge in [-0.05, 0) is 30.3 Å². The summed E-state index contributed by atoms with van der Waals surface area (Å²) in [5, 5.41) is 3.40. The van der Waals surface area contributed by atoms with E-state index in [1.54, 1.807) is 12.1 Å². The highest BCUT2D eigenvalue weighted by molar-refractivity contribution is 6.32. The Morgan fingerprint density at radius 3 is 2.68 bits per heavy atom. The molecule has 2 aromatic carbocycles. The van der Waals surface area contributed by atoms with Crippen molar-refractivity contribution in [1.29, 1.82) is 0 Å². The summed E-state index contributed by atoms with van der Waals surface area (Å²) in [5.41, 5.74) is 1.80. The maximum Gasteiger partial charge on any atom is 0.227 e. The largest absolute Gasteiger partial charge is 0.491 e. The Labute approximate surface area is 135 Å². The van der Waals surface area contributed by atoms with Crippen molar-refractivity contribution in [2.24, 2.45) is 0 Å². The lowest BCUT2D eigenvalue weighted by molar-refractivity contribution is -0.116. The molecule has 1 amide bonds. The van der Waals surface area contributed by atoms with Crippen LogP contribution in [0.4, 0.5) is 11.4 Å². The lowest BCUT2D eigenvalue weighted by Gasteiger charge is -2.14. The van der Waals surface area contributed by atoms with Crippen molar-refractivity contribution in [1.82, 2.24) is 0 Å². The van der Waals surface area contributed by atoms with Gasteiger partial charge >= 0.3 is 0 Å². The van der Waals surface area contributed by atoms with E-state index in [9.17, 15) is 4.79 Å². The average Bonchev–Trinajstić information content (AvgIpc) is 2.49. The third-order valence-corrected chi connectivity index (χ3v) is 3.38. The first-order chi connectivity index (χ1) is 10.6. The molecule has 0 aliphatic rings. The fraction of sp³-hybridized carbons (Fsp3) is 0.235. The van der Waals surface area contributed by atoms with Crippen LogP contribution in [-0.4, -0.2) is 26.6 Å². The lowest BCUT2D eigenvalue weighted by Crippen LogP contribution is -2.16. The van der Waals surface area contributed by atoms with Crippen molar-refractivity contribution < 1.29 is 9.53 Å². The van der Waals surface area contributed by atoms with E-state index in [-0.39, 0.29) is 18.9 Å². The minimum absolute atomic E-state index is 0.0945. The van der Waals surface area contributed by atoms with Gasteiger partial charge in [-0.15, -0.1) is 0 Å². The van der Waals surface area contributed by atoms with Crippen LogP contribution in [0.25, 0.3) is 0 Å². The first-order valence-electron chi connectivity index (χ1n) is 7.01. The van der Waals surface area contributed by atoms with Crippen LogP contribution in [0.2, 0.25) is 5.02 Å². The average molecular weight is 319 g/mol. The highest BCUT2D eigenvalue weighted by atomic mass is 35.5. The number of rotatable bonds is 6. The quantitative estimate of drug-likeness (QED) is 0.880. The Hall–Kier alpha value is -2.20. The molecule has 0 radical (unpaired) electrons. The number of para-hydroxylation sites is 1. The van der Waals surface area contributed by atoms with Gasteiger partial charge in [0.2, 0.25) is 5.91 Å². The van der Waals surface area contributed by atoms with E-state index in [1.165, 1.54) is 0 Å². The van der Waals surface area contributed by atoms with E-state index in [4.69, 9.17) is 16.3 Å². The third kappa shape index (κ3) is 4.67. The van der Waals surface area contributed by atoms with Gasteiger partial charge in [0.05, 0.1) is 18.1 Å². The number of anilines is 2. The molecule has 0 aromatic heterocycles. The molecule has 0 aliphatic carbocycles. The predicted octanol–water partition coefficient (Wildman–Crippen LogP) is 3.81. The van der Waals surface area contributed by atoms with Crippen molar-refractivity contribution >= 4 is 28.9 Å². The van der Waals surface area contributed by atoms with E-state index in [0.717, 1.165) is 11.4 Å². The lowest BCUT2D eigenvalue weighted by atomic mass is 10.2. The van der Waals surface area contributed by atoms with Gasteiger partial charge in [-0.1, -0.05) is 29.8 Å². The van der Waals surface area contributed by atoms with Crippen molar-refractivity contribution in [3.8, 4) is 5.75 Å². The summed E-state index contributed by atoms with van der Waals surface area (Å²) in [5.74, 6) is 0.495. The molecule has 4 nitrogen and oxygen atoms in total. The van der Waals surface area contributed by atoms with Gasteiger partial charge in [0.1, 0.15) is 5.75 Å². The second-order valence-corrected chi connectivity index (χ2v) is 5.43. The fourth-order valence-corrected chi connectivity index (χ4v) is 2.09. The molecule has 0 unspecified atom stereocenters. The number of nitrogens with one attached hydrogen (secondary N) is 1. The Bertz CT molecular complexity index is 644. The van der Waals surface area contributed by atoms with Gasteiger partial charge in [0.15, 0.2) is 0 Å². The molecule has 0 bridgehead atoms. The number of carbonyl (C=O) groups is 1. The molecule has 0 spiro atoms. The zero-order valence-corrected chi connectivity index (χ0v) is 13.4. The van der Waals surface area contributed by atoms with Crippen molar-refractivity contribution in [2.45, 2.75) is 6.42 Å². The smallest absolute Gasteiger partial charge is 0.227 e. The number of hydrogen-bond acceptors (Lipinski definition) is 3. The molecule has 2 rings (SSSR count). The molecule has 1 N–H and O–H groups in total. The monoisotopic (exact) mass is 318 g/mol. The summed E-state index contributed by atoms with van der Waals surface area (Å²) in [6.07, 6.45) is 0.261. The number of nitrogens with zero attached hydrogens (tertiary/aromatic N) is 1. The number of hydrogen-bond donors (Lipinski definition) is 1. The summed E-state index contributed by atoms with van der Waals surface area (Å²) < 4.78 is 5.51. The summed E-state index contributed by atoms with van der Waals surface area (Å²) in [6.45, 7) is 0.281. The Morgan fingerprint density at radius 2 is 1.95 bits per heavy atom. The molecule has 0 saturated carbocycles. The standard InChI is InChI=1S/C17H19ClN2O2/c1-20(2)14-7-5-6-13(12-14)19-17(21)10-11-22-16-9-4-3-8-15(16)18/h3-9,12H,10-11H2,1-2H3,(H,19,21). The molecule has 0 atom stereocenters. The van der Waals surface area contributed by atoms with E-state index in [2.05, 4.69) is 5.32 Å².